The number of hydrogen-bond acceptors (Lipinski definition) is 1. The van der Waals surface area contributed by atoms with E-state index < -0.39 is 0 Å². The first kappa shape index (κ1) is 37.3. The average Bonchev–Trinajstić information content (AvgIpc) is 3.72. The molecule has 0 aliphatic carbocycles. The second-order valence-corrected chi connectivity index (χ2v) is 16.5. The Morgan fingerprint density at radius 1 is 0.266 bits per heavy atom. The van der Waals surface area contributed by atoms with Crippen LogP contribution in [0.25, 0.3) is 93.5 Å². The fraction of sp³-hybridized carbons (Fsp3) is 0. The van der Waals surface area contributed by atoms with Crippen molar-refractivity contribution < 1.29 is 0 Å². The van der Waals surface area contributed by atoms with Crippen LogP contribution in [-0.2, 0) is 0 Å². The average molecular weight is 815 g/mol. The van der Waals surface area contributed by atoms with E-state index in [2.05, 4.69) is 264 Å². The Bertz CT molecular complexity index is 3590. The number of rotatable bonds is 8. The minimum atomic E-state index is 1.08. The molecule has 2 heteroatoms. The van der Waals surface area contributed by atoms with Gasteiger partial charge in [0.1, 0.15) is 0 Å². The Hall–Kier alpha value is -8.46. The molecule has 64 heavy (non-hydrogen) atoms. The summed E-state index contributed by atoms with van der Waals surface area (Å²) in [5, 5.41) is 7.52. The van der Waals surface area contributed by atoms with Gasteiger partial charge in [-0.2, -0.15) is 0 Å². The van der Waals surface area contributed by atoms with Crippen LogP contribution in [0.15, 0.2) is 255 Å². The van der Waals surface area contributed by atoms with Crippen LogP contribution in [0.5, 0.6) is 0 Å². The maximum absolute atomic E-state index is 2.43. The molecule has 0 unspecified atom stereocenters. The zero-order valence-electron chi connectivity index (χ0n) is 35.1. The van der Waals surface area contributed by atoms with Crippen molar-refractivity contribution in [2.45, 2.75) is 0 Å². The minimum absolute atomic E-state index is 1.08. The third-order valence-electron chi connectivity index (χ3n) is 12.8. The van der Waals surface area contributed by atoms with E-state index in [-0.39, 0.29) is 0 Å². The molecule has 0 saturated heterocycles. The quantitative estimate of drug-likeness (QED) is 0.139. The fourth-order valence-electron chi connectivity index (χ4n) is 9.65. The van der Waals surface area contributed by atoms with E-state index >= 15 is 0 Å². The van der Waals surface area contributed by atoms with Crippen LogP contribution < -0.4 is 4.90 Å². The smallest absolute Gasteiger partial charge is 0.0541 e. The highest BCUT2D eigenvalue weighted by Gasteiger charge is 2.19. The van der Waals surface area contributed by atoms with E-state index in [1.807, 2.05) is 0 Å². The predicted octanol–water partition coefficient (Wildman–Crippen LogP) is 17.2. The van der Waals surface area contributed by atoms with Crippen LogP contribution in [0, 0.1) is 0 Å². The van der Waals surface area contributed by atoms with Crippen molar-refractivity contribution in [3.8, 4) is 50.2 Å². The maximum atomic E-state index is 2.43. The summed E-state index contributed by atoms with van der Waals surface area (Å²) in [5.41, 5.74) is 16.2. The number of nitrogens with zero attached hydrogens (tertiary/aromatic N) is 2. The van der Waals surface area contributed by atoms with E-state index in [0.29, 0.717) is 0 Å². The van der Waals surface area contributed by atoms with Crippen LogP contribution in [-0.4, -0.2) is 4.57 Å². The zero-order chi connectivity index (χ0) is 42.4. The van der Waals surface area contributed by atoms with Crippen molar-refractivity contribution in [2.24, 2.45) is 0 Å². The van der Waals surface area contributed by atoms with E-state index in [9.17, 15) is 0 Å². The lowest BCUT2D eigenvalue weighted by Gasteiger charge is -2.28. The highest BCUT2D eigenvalue weighted by Crippen LogP contribution is 2.43. The molecule has 0 saturated carbocycles. The molecule has 0 N–H and O–H groups in total. The molecule has 2 nitrogen and oxygen atoms in total. The number of anilines is 3. The van der Waals surface area contributed by atoms with Crippen molar-refractivity contribution in [2.75, 3.05) is 4.90 Å². The van der Waals surface area contributed by atoms with Gasteiger partial charge in [0.05, 0.1) is 16.7 Å². The van der Waals surface area contributed by atoms with Crippen LogP contribution in [0.2, 0.25) is 0 Å². The molecule has 0 amide bonds. The Morgan fingerprint density at radius 3 is 1.38 bits per heavy atom. The first-order valence-corrected chi connectivity index (χ1v) is 22.0. The van der Waals surface area contributed by atoms with Gasteiger partial charge in [-0.05, 0) is 127 Å². The molecule has 12 rings (SSSR count). The summed E-state index contributed by atoms with van der Waals surface area (Å²) in [7, 11) is 0. The molecule has 0 radical (unpaired) electrons. The van der Waals surface area contributed by atoms with Crippen molar-refractivity contribution in [3.63, 3.8) is 0 Å². The highest BCUT2D eigenvalue weighted by atomic mass is 15.1. The lowest BCUT2D eigenvalue weighted by Crippen LogP contribution is -2.11. The number of para-hydroxylation sites is 3. The molecule has 0 bridgehead atoms. The van der Waals surface area contributed by atoms with E-state index in [0.717, 1.165) is 33.9 Å². The van der Waals surface area contributed by atoms with Crippen molar-refractivity contribution in [1.29, 1.82) is 0 Å². The molecule has 11 aromatic carbocycles. The third-order valence-corrected chi connectivity index (χ3v) is 12.8. The number of aromatic nitrogens is 1. The van der Waals surface area contributed by atoms with Gasteiger partial charge in [0.2, 0.25) is 0 Å². The number of hydrogen-bond donors (Lipinski definition) is 0. The van der Waals surface area contributed by atoms with Crippen LogP contribution in [0.1, 0.15) is 0 Å². The standard InChI is InChI=1S/C62H42N2/c1-3-15-43(16-4-1)44-31-35-52(36-32-44)63(60-24-12-9-21-56(60)46-17-5-2-6-18-46)53-37-33-45(34-38-53)50-39-51(49-30-29-48-28-27-47-19-7-8-20-55(47)59(48)42-49)41-54(40-50)64-61-25-13-10-22-57(61)58-23-11-14-26-62(58)64/h1-42H. The minimum Gasteiger partial charge on any atom is -0.310 e. The summed E-state index contributed by atoms with van der Waals surface area (Å²) < 4.78 is 2.43. The zero-order valence-corrected chi connectivity index (χ0v) is 35.1. The molecule has 12 aromatic rings. The lowest BCUT2D eigenvalue weighted by molar-refractivity contribution is 1.18. The molecule has 0 aliphatic heterocycles. The predicted molar refractivity (Wildman–Crippen MR) is 272 cm³/mol. The summed E-state index contributed by atoms with van der Waals surface area (Å²) in [6.07, 6.45) is 0. The maximum Gasteiger partial charge on any atom is 0.0541 e. The van der Waals surface area contributed by atoms with Gasteiger partial charge < -0.3 is 9.47 Å². The molecule has 0 aliphatic rings. The Kier molecular flexibility index (Phi) is 9.20. The number of fused-ring (bicyclic) bond motifs is 6. The van der Waals surface area contributed by atoms with Crippen molar-refractivity contribution in [1.82, 2.24) is 4.57 Å². The number of benzene rings is 11. The van der Waals surface area contributed by atoms with Crippen molar-refractivity contribution in [3.05, 3.63) is 255 Å². The molecule has 0 fully saturated rings. The van der Waals surface area contributed by atoms with Crippen molar-refractivity contribution >= 4 is 60.4 Å². The summed E-state index contributed by atoms with van der Waals surface area (Å²) in [6, 6.07) is 92.8. The van der Waals surface area contributed by atoms with Gasteiger partial charge in [-0.1, -0.05) is 188 Å². The van der Waals surface area contributed by atoms with Crippen LogP contribution in [0.4, 0.5) is 17.1 Å². The highest BCUT2D eigenvalue weighted by molar-refractivity contribution is 6.10. The van der Waals surface area contributed by atoms with E-state index in [1.54, 1.807) is 0 Å². The second-order valence-electron chi connectivity index (χ2n) is 16.5. The third kappa shape index (κ3) is 6.61. The monoisotopic (exact) mass is 814 g/mol. The molecule has 0 spiro atoms. The normalized spacial score (nSPS) is 11.4. The van der Waals surface area contributed by atoms with Gasteiger partial charge in [0, 0.05) is 33.4 Å². The molecular weight excluding hydrogens is 773 g/mol. The van der Waals surface area contributed by atoms with Gasteiger partial charge in [-0.15, -0.1) is 0 Å². The largest absolute Gasteiger partial charge is 0.310 e. The van der Waals surface area contributed by atoms with Gasteiger partial charge in [0.15, 0.2) is 0 Å². The SMILES string of the molecule is c1ccc(-c2ccc(N(c3ccc(-c4cc(-c5ccc6ccc7ccccc7c6c5)cc(-n5c6ccccc6c6ccccc65)c4)cc3)c3ccccc3-c3ccccc3)cc2)cc1. The summed E-state index contributed by atoms with van der Waals surface area (Å²) in [6.45, 7) is 0. The lowest BCUT2D eigenvalue weighted by atomic mass is 9.94. The Balaban J connectivity index is 1.03. The first-order valence-electron chi connectivity index (χ1n) is 22.0. The van der Waals surface area contributed by atoms with E-state index in [4.69, 9.17) is 0 Å². The Labute approximate surface area is 373 Å². The van der Waals surface area contributed by atoms with Crippen LogP contribution in [0.3, 0.4) is 0 Å². The molecule has 0 atom stereocenters. The topological polar surface area (TPSA) is 8.17 Å². The first-order chi connectivity index (χ1) is 31.7. The Morgan fingerprint density at radius 2 is 0.719 bits per heavy atom. The molecular formula is C62H42N2. The summed E-state index contributed by atoms with van der Waals surface area (Å²) in [4.78, 5) is 2.39. The van der Waals surface area contributed by atoms with Gasteiger partial charge in [-0.3, -0.25) is 0 Å². The molecule has 1 aromatic heterocycles. The van der Waals surface area contributed by atoms with E-state index in [1.165, 1.54) is 76.7 Å². The van der Waals surface area contributed by atoms with Gasteiger partial charge >= 0.3 is 0 Å². The molecule has 300 valence electrons. The fourth-order valence-corrected chi connectivity index (χ4v) is 9.65. The molecule has 1 heterocycles. The summed E-state index contributed by atoms with van der Waals surface area (Å²) >= 11 is 0. The van der Waals surface area contributed by atoms with Gasteiger partial charge in [-0.25, -0.2) is 0 Å². The van der Waals surface area contributed by atoms with Crippen LogP contribution >= 0.6 is 0 Å². The summed E-state index contributed by atoms with van der Waals surface area (Å²) in [5.74, 6) is 0. The second kappa shape index (κ2) is 15.8. The van der Waals surface area contributed by atoms with Gasteiger partial charge in [0.25, 0.3) is 0 Å².